The molecule has 24 heavy (non-hydrogen) atoms. The molecule has 1 aliphatic carbocycles. The highest BCUT2D eigenvalue weighted by atomic mass is 16.3. The van der Waals surface area contributed by atoms with Crippen molar-refractivity contribution >= 4 is 22.4 Å². The van der Waals surface area contributed by atoms with E-state index in [1.807, 2.05) is 24.3 Å². The second-order valence-corrected chi connectivity index (χ2v) is 6.90. The average molecular weight is 324 g/mol. The molecule has 4 rings (SSSR count). The highest BCUT2D eigenvalue weighted by Crippen LogP contribution is 2.31. The second-order valence-electron chi connectivity index (χ2n) is 6.90. The Morgan fingerprint density at radius 3 is 2.54 bits per heavy atom. The molecule has 5 nitrogen and oxygen atoms in total. The molecule has 126 valence electrons. The van der Waals surface area contributed by atoms with Gasteiger partial charge in [0, 0.05) is 6.04 Å². The van der Waals surface area contributed by atoms with E-state index in [9.17, 15) is 5.11 Å². The lowest BCUT2D eigenvalue weighted by atomic mass is 9.95. The SMILES string of the molecule is N=C1C(c2nc3ccccc3[nH]2)=C(O)CN1C1CCCCCCC1. The van der Waals surface area contributed by atoms with Gasteiger partial charge in [0.15, 0.2) is 0 Å². The average Bonchev–Trinajstić information content (AvgIpc) is 3.08. The Bertz CT molecular complexity index is 751. The molecule has 0 saturated heterocycles. The molecule has 1 fully saturated rings. The smallest absolute Gasteiger partial charge is 0.145 e. The maximum atomic E-state index is 10.5. The minimum Gasteiger partial charge on any atom is -0.510 e. The molecule has 1 aliphatic heterocycles. The van der Waals surface area contributed by atoms with Gasteiger partial charge in [0.05, 0.1) is 23.2 Å². The fraction of sp³-hybridized carbons (Fsp3) is 0.474. The number of aromatic nitrogens is 2. The first-order valence-corrected chi connectivity index (χ1v) is 8.97. The van der Waals surface area contributed by atoms with E-state index >= 15 is 0 Å². The maximum absolute atomic E-state index is 10.5. The van der Waals surface area contributed by atoms with E-state index < -0.39 is 0 Å². The lowest BCUT2D eigenvalue weighted by Crippen LogP contribution is -2.37. The van der Waals surface area contributed by atoms with Crippen LogP contribution in [0.4, 0.5) is 0 Å². The topological polar surface area (TPSA) is 76.0 Å². The van der Waals surface area contributed by atoms with Crippen molar-refractivity contribution in [2.24, 2.45) is 0 Å². The zero-order valence-electron chi connectivity index (χ0n) is 13.9. The quantitative estimate of drug-likeness (QED) is 0.773. The van der Waals surface area contributed by atoms with Crippen LogP contribution >= 0.6 is 0 Å². The third-order valence-corrected chi connectivity index (χ3v) is 5.27. The molecule has 2 heterocycles. The summed E-state index contributed by atoms with van der Waals surface area (Å²) in [6.07, 6.45) is 8.56. The molecular formula is C19H24N4O. The summed E-state index contributed by atoms with van der Waals surface area (Å²) in [4.78, 5) is 9.89. The van der Waals surface area contributed by atoms with Gasteiger partial charge in [-0.05, 0) is 25.0 Å². The molecule has 1 aromatic heterocycles. The van der Waals surface area contributed by atoms with Gasteiger partial charge in [-0.25, -0.2) is 4.98 Å². The highest BCUT2D eigenvalue weighted by Gasteiger charge is 2.34. The molecule has 3 N–H and O–H groups in total. The predicted molar refractivity (Wildman–Crippen MR) is 96.2 cm³/mol. The summed E-state index contributed by atoms with van der Waals surface area (Å²) < 4.78 is 0. The number of benzene rings is 1. The second kappa shape index (κ2) is 6.30. The van der Waals surface area contributed by atoms with Crippen LogP contribution in [0.25, 0.3) is 16.6 Å². The van der Waals surface area contributed by atoms with Crippen LogP contribution in [0.1, 0.15) is 50.8 Å². The van der Waals surface area contributed by atoms with Gasteiger partial charge in [0.1, 0.15) is 17.4 Å². The summed E-state index contributed by atoms with van der Waals surface area (Å²) in [7, 11) is 0. The zero-order valence-corrected chi connectivity index (χ0v) is 13.9. The van der Waals surface area contributed by atoms with Gasteiger partial charge >= 0.3 is 0 Å². The fourth-order valence-corrected chi connectivity index (χ4v) is 3.98. The van der Waals surface area contributed by atoms with Crippen LogP contribution in [0.15, 0.2) is 30.0 Å². The summed E-state index contributed by atoms with van der Waals surface area (Å²) in [5, 5.41) is 19.1. The lowest BCUT2D eigenvalue weighted by Gasteiger charge is -2.31. The number of aliphatic hydroxyl groups is 1. The summed E-state index contributed by atoms with van der Waals surface area (Å²) in [6, 6.07) is 8.18. The number of aliphatic hydroxyl groups excluding tert-OH is 1. The Morgan fingerprint density at radius 2 is 1.79 bits per heavy atom. The fourth-order valence-electron chi connectivity index (χ4n) is 3.98. The van der Waals surface area contributed by atoms with Crippen LogP contribution in [0, 0.1) is 5.41 Å². The van der Waals surface area contributed by atoms with Crippen LogP contribution in [0.5, 0.6) is 0 Å². The number of nitrogens with one attached hydrogen (secondary N) is 2. The first kappa shape index (κ1) is 15.2. The highest BCUT2D eigenvalue weighted by molar-refractivity contribution is 6.23. The Labute approximate surface area is 141 Å². The van der Waals surface area contributed by atoms with Gasteiger partial charge in [0.25, 0.3) is 0 Å². The Kier molecular flexibility index (Phi) is 4.00. The van der Waals surface area contributed by atoms with Gasteiger partial charge in [-0.2, -0.15) is 0 Å². The summed E-state index contributed by atoms with van der Waals surface area (Å²) in [5.41, 5.74) is 2.36. The van der Waals surface area contributed by atoms with Gasteiger partial charge in [-0.15, -0.1) is 0 Å². The third kappa shape index (κ3) is 2.68. The van der Waals surface area contributed by atoms with Crippen molar-refractivity contribution in [2.75, 3.05) is 6.54 Å². The van der Waals surface area contributed by atoms with E-state index in [0.717, 1.165) is 23.9 Å². The van der Waals surface area contributed by atoms with Crippen LogP contribution in [0.2, 0.25) is 0 Å². The molecule has 2 aromatic rings. The number of H-pyrrole nitrogens is 1. The summed E-state index contributed by atoms with van der Waals surface area (Å²) in [6.45, 7) is 0.440. The standard InChI is InChI=1S/C19H24N4O/c20-18-17(19-21-14-10-6-7-11-15(14)22-19)16(24)12-23(18)13-8-4-2-1-3-5-9-13/h6-7,10-11,13,20,24H,1-5,8-9,12H2,(H,21,22). The van der Waals surface area contributed by atoms with Gasteiger partial charge in [-0.3, -0.25) is 5.41 Å². The number of aromatic amines is 1. The van der Waals surface area contributed by atoms with Crippen LogP contribution < -0.4 is 0 Å². The molecule has 1 saturated carbocycles. The maximum Gasteiger partial charge on any atom is 0.145 e. The molecule has 0 unspecified atom stereocenters. The molecule has 5 heteroatoms. The summed E-state index contributed by atoms with van der Waals surface area (Å²) in [5.74, 6) is 1.28. The van der Waals surface area contributed by atoms with Gasteiger partial charge in [0.2, 0.25) is 0 Å². The van der Waals surface area contributed by atoms with Crippen LogP contribution in [-0.2, 0) is 0 Å². The molecule has 1 aromatic carbocycles. The largest absolute Gasteiger partial charge is 0.510 e. The van der Waals surface area contributed by atoms with E-state index in [-0.39, 0.29) is 5.76 Å². The van der Waals surface area contributed by atoms with Crippen molar-refractivity contribution in [3.05, 3.63) is 35.8 Å². The minimum absolute atomic E-state index is 0.265. The minimum atomic E-state index is 0.265. The lowest BCUT2D eigenvalue weighted by molar-refractivity contribution is 0.253. The van der Waals surface area contributed by atoms with E-state index in [1.54, 1.807) is 0 Å². The molecule has 2 aliphatic rings. The monoisotopic (exact) mass is 324 g/mol. The number of amidine groups is 1. The molecule has 0 spiro atoms. The number of fused-ring (bicyclic) bond motifs is 1. The summed E-state index contributed by atoms with van der Waals surface area (Å²) >= 11 is 0. The normalized spacial score (nSPS) is 20.7. The number of hydrogen-bond acceptors (Lipinski definition) is 3. The first-order chi connectivity index (χ1) is 11.7. The molecule has 0 radical (unpaired) electrons. The first-order valence-electron chi connectivity index (χ1n) is 8.97. The van der Waals surface area contributed by atoms with Crippen LogP contribution in [0.3, 0.4) is 0 Å². The molecule has 0 atom stereocenters. The van der Waals surface area contributed by atoms with Crippen LogP contribution in [-0.4, -0.2) is 38.4 Å². The Hall–Kier alpha value is -2.30. The predicted octanol–water partition coefficient (Wildman–Crippen LogP) is 4.24. The number of rotatable bonds is 2. The molecular weight excluding hydrogens is 300 g/mol. The zero-order chi connectivity index (χ0) is 16.5. The van der Waals surface area contributed by atoms with Crippen molar-refractivity contribution in [3.8, 4) is 0 Å². The molecule has 0 amide bonds. The number of imidazole rings is 1. The van der Waals surface area contributed by atoms with Crippen molar-refractivity contribution in [1.82, 2.24) is 14.9 Å². The number of nitrogens with zero attached hydrogens (tertiary/aromatic N) is 2. The Morgan fingerprint density at radius 1 is 1.08 bits per heavy atom. The van der Waals surface area contributed by atoms with E-state index in [0.29, 0.717) is 29.8 Å². The Balaban J connectivity index is 1.60. The molecule has 0 bridgehead atoms. The van der Waals surface area contributed by atoms with E-state index in [1.165, 1.54) is 32.1 Å². The van der Waals surface area contributed by atoms with Crippen molar-refractivity contribution in [2.45, 2.75) is 51.0 Å². The number of para-hydroxylation sites is 2. The van der Waals surface area contributed by atoms with Crippen molar-refractivity contribution in [3.63, 3.8) is 0 Å². The van der Waals surface area contributed by atoms with Crippen molar-refractivity contribution in [1.29, 1.82) is 5.41 Å². The van der Waals surface area contributed by atoms with Gasteiger partial charge < -0.3 is 15.0 Å². The third-order valence-electron chi connectivity index (χ3n) is 5.27. The van der Waals surface area contributed by atoms with E-state index in [4.69, 9.17) is 5.41 Å². The van der Waals surface area contributed by atoms with Crippen molar-refractivity contribution < 1.29 is 5.11 Å². The van der Waals surface area contributed by atoms with Gasteiger partial charge in [-0.1, -0.05) is 44.2 Å². The number of hydrogen-bond donors (Lipinski definition) is 3. The van der Waals surface area contributed by atoms with E-state index in [2.05, 4.69) is 14.9 Å².